The van der Waals surface area contributed by atoms with Crippen LogP contribution in [0.3, 0.4) is 0 Å². The molecular formula is C21H30N2O2. The molecule has 0 radical (unpaired) electrons. The number of aliphatic hydroxyl groups excluding tert-OH is 1. The van der Waals surface area contributed by atoms with Crippen molar-refractivity contribution < 1.29 is 9.90 Å². The molecule has 25 heavy (non-hydrogen) atoms. The maximum Gasteiger partial charge on any atom is 0.271 e. The van der Waals surface area contributed by atoms with E-state index in [1.807, 2.05) is 17.0 Å². The number of piperidine rings is 1. The van der Waals surface area contributed by atoms with Gasteiger partial charge in [0.15, 0.2) is 0 Å². The van der Waals surface area contributed by atoms with Gasteiger partial charge in [0.25, 0.3) is 5.91 Å². The molecule has 1 N–H and O–H groups in total. The lowest BCUT2D eigenvalue weighted by molar-refractivity contribution is 0.0563. The molecular weight excluding hydrogens is 312 g/mol. The van der Waals surface area contributed by atoms with Crippen LogP contribution >= 0.6 is 0 Å². The fourth-order valence-electron chi connectivity index (χ4n) is 4.15. The Kier molecular flexibility index (Phi) is 5.79. The fraction of sp³-hybridized carbons (Fsp3) is 0.571. The number of aliphatic hydroxyl groups is 1. The fourth-order valence-corrected chi connectivity index (χ4v) is 4.15. The molecule has 1 amide bonds. The van der Waals surface area contributed by atoms with Gasteiger partial charge >= 0.3 is 0 Å². The maximum atomic E-state index is 13.5. The highest BCUT2D eigenvalue weighted by Gasteiger charge is 2.30. The van der Waals surface area contributed by atoms with E-state index in [1.54, 1.807) is 0 Å². The van der Waals surface area contributed by atoms with Gasteiger partial charge in [0.1, 0.15) is 5.69 Å². The minimum absolute atomic E-state index is 0.142. The monoisotopic (exact) mass is 342 g/mol. The summed E-state index contributed by atoms with van der Waals surface area (Å²) in [4.78, 5) is 15.5. The maximum absolute atomic E-state index is 13.5. The topological polar surface area (TPSA) is 45.5 Å². The summed E-state index contributed by atoms with van der Waals surface area (Å²) in [5.41, 5.74) is 3.09. The van der Waals surface area contributed by atoms with Crippen LogP contribution in [0.2, 0.25) is 0 Å². The van der Waals surface area contributed by atoms with Crippen LogP contribution < -0.4 is 0 Å². The highest BCUT2D eigenvalue weighted by molar-refractivity contribution is 6.01. The van der Waals surface area contributed by atoms with E-state index in [1.165, 1.54) is 5.39 Å². The van der Waals surface area contributed by atoms with E-state index in [9.17, 15) is 9.90 Å². The predicted molar refractivity (Wildman–Crippen MR) is 102 cm³/mol. The molecule has 136 valence electrons. The van der Waals surface area contributed by atoms with Crippen LogP contribution in [-0.4, -0.2) is 39.7 Å². The van der Waals surface area contributed by atoms with Crippen molar-refractivity contribution in [1.82, 2.24) is 9.47 Å². The SMILES string of the molecule is CCCCn1c(C(=O)N2CCCCC2CCO)c(C)c2ccccc21. The number of carbonyl (C=O) groups excluding carboxylic acids is 1. The lowest BCUT2D eigenvalue weighted by atomic mass is 9.98. The van der Waals surface area contributed by atoms with Crippen LogP contribution in [0, 0.1) is 6.92 Å². The van der Waals surface area contributed by atoms with E-state index in [0.717, 1.165) is 62.0 Å². The zero-order chi connectivity index (χ0) is 17.8. The van der Waals surface area contributed by atoms with E-state index in [0.29, 0.717) is 6.42 Å². The molecule has 2 heterocycles. The number of benzene rings is 1. The second-order valence-corrected chi connectivity index (χ2v) is 7.16. The van der Waals surface area contributed by atoms with Gasteiger partial charge in [-0.1, -0.05) is 31.5 Å². The Labute approximate surface area is 150 Å². The minimum atomic E-state index is 0.142. The highest BCUT2D eigenvalue weighted by Crippen LogP contribution is 2.29. The van der Waals surface area contributed by atoms with Gasteiger partial charge in [-0.05, 0) is 50.7 Å². The summed E-state index contributed by atoms with van der Waals surface area (Å²) >= 11 is 0. The number of unbranched alkanes of at least 4 members (excludes halogenated alkanes) is 1. The number of nitrogens with zero attached hydrogens (tertiary/aromatic N) is 2. The van der Waals surface area contributed by atoms with Crippen molar-refractivity contribution in [1.29, 1.82) is 0 Å². The summed E-state index contributed by atoms with van der Waals surface area (Å²) in [5.74, 6) is 0.142. The van der Waals surface area contributed by atoms with Gasteiger partial charge < -0.3 is 14.6 Å². The molecule has 0 aliphatic carbocycles. The Balaban J connectivity index is 2.03. The second kappa shape index (κ2) is 8.05. The number of aryl methyl sites for hydroxylation is 2. The van der Waals surface area contributed by atoms with Crippen molar-refractivity contribution in [3.8, 4) is 0 Å². The van der Waals surface area contributed by atoms with E-state index < -0.39 is 0 Å². The van der Waals surface area contributed by atoms with Crippen LogP contribution in [0.15, 0.2) is 24.3 Å². The van der Waals surface area contributed by atoms with E-state index >= 15 is 0 Å². The second-order valence-electron chi connectivity index (χ2n) is 7.16. The molecule has 1 aliphatic rings. The summed E-state index contributed by atoms with van der Waals surface area (Å²) in [7, 11) is 0. The van der Waals surface area contributed by atoms with Crippen molar-refractivity contribution in [3.05, 3.63) is 35.5 Å². The smallest absolute Gasteiger partial charge is 0.271 e. The molecule has 0 bridgehead atoms. The lowest BCUT2D eigenvalue weighted by Gasteiger charge is -2.36. The Morgan fingerprint density at radius 3 is 2.84 bits per heavy atom. The van der Waals surface area contributed by atoms with Crippen LogP contribution in [0.1, 0.15) is 61.5 Å². The number of carbonyl (C=O) groups is 1. The molecule has 1 unspecified atom stereocenters. The number of likely N-dealkylation sites (tertiary alicyclic amines) is 1. The van der Waals surface area contributed by atoms with Crippen molar-refractivity contribution in [3.63, 3.8) is 0 Å². The zero-order valence-corrected chi connectivity index (χ0v) is 15.5. The first-order valence-electron chi connectivity index (χ1n) is 9.68. The standard InChI is InChI=1S/C21H30N2O2/c1-3-4-13-23-19-11-6-5-10-18(19)16(2)20(23)21(25)22-14-8-7-9-17(22)12-15-24/h5-6,10-11,17,24H,3-4,7-9,12-15H2,1-2H3. The molecule has 1 atom stereocenters. The molecule has 0 saturated carbocycles. The Morgan fingerprint density at radius 2 is 2.08 bits per heavy atom. The third kappa shape index (κ3) is 3.45. The van der Waals surface area contributed by atoms with Crippen LogP contribution in [0.5, 0.6) is 0 Å². The van der Waals surface area contributed by atoms with Crippen LogP contribution in [0.4, 0.5) is 0 Å². The number of hydrogen-bond acceptors (Lipinski definition) is 2. The normalized spacial score (nSPS) is 18.0. The number of hydrogen-bond donors (Lipinski definition) is 1. The van der Waals surface area contributed by atoms with E-state index in [-0.39, 0.29) is 18.6 Å². The molecule has 1 aromatic carbocycles. The number of para-hydroxylation sites is 1. The Hall–Kier alpha value is -1.81. The number of aromatic nitrogens is 1. The van der Waals surface area contributed by atoms with Crippen molar-refractivity contribution in [2.75, 3.05) is 13.2 Å². The summed E-state index contributed by atoms with van der Waals surface area (Å²) in [6.07, 6.45) is 6.06. The van der Waals surface area contributed by atoms with Gasteiger partial charge in [-0.15, -0.1) is 0 Å². The quantitative estimate of drug-likeness (QED) is 0.858. The predicted octanol–water partition coefficient (Wildman–Crippen LogP) is 4.13. The lowest BCUT2D eigenvalue weighted by Crippen LogP contribution is -2.45. The zero-order valence-electron chi connectivity index (χ0n) is 15.5. The molecule has 3 rings (SSSR count). The molecule has 1 aromatic heterocycles. The van der Waals surface area contributed by atoms with Crippen LogP contribution in [-0.2, 0) is 6.54 Å². The summed E-state index contributed by atoms with van der Waals surface area (Å²) in [6, 6.07) is 8.50. The molecule has 4 heteroatoms. The molecule has 1 fully saturated rings. The molecule has 1 aliphatic heterocycles. The first-order valence-corrected chi connectivity index (χ1v) is 9.68. The molecule has 2 aromatic rings. The van der Waals surface area contributed by atoms with Crippen molar-refractivity contribution >= 4 is 16.8 Å². The van der Waals surface area contributed by atoms with Crippen molar-refractivity contribution in [2.45, 2.75) is 65.0 Å². The largest absolute Gasteiger partial charge is 0.396 e. The molecule has 4 nitrogen and oxygen atoms in total. The average Bonchev–Trinajstić information content (AvgIpc) is 2.92. The van der Waals surface area contributed by atoms with Crippen LogP contribution in [0.25, 0.3) is 10.9 Å². The summed E-state index contributed by atoms with van der Waals surface area (Å²) < 4.78 is 2.22. The molecule has 1 saturated heterocycles. The number of amides is 1. The van der Waals surface area contributed by atoms with Gasteiger partial charge in [0, 0.05) is 36.6 Å². The Bertz CT molecular complexity index is 733. The van der Waals surface area contributed by atoms with E-state index in [4.69, 9.17) is 0 Å². The first-order chi connectivity index (χ1) is 12.2. The minimum Gasteiger partial charge on any atom is -0.396 e. The van der Waals surface area contributed by atoms with Crippen molar-refractivity contribution in [2.24, 2.45) is 0 Å². The van der Waals surface area contributed by atoms with Gasteiger partial charge in [-0.2, -0.15) is 0 Å². The first kappa shape index (κ1) is 18.0. The third-order valence-electron chi connectivity index (χ3n) is 5.51. The average molecular weight is 342 g/mol. The summed E-state index contributed by atoms with van der Waals surface area (Å²) in [6.45, 7) is 6.08. The van der Waals surface area contributed by atoms with Gasteiger partial charge in [-0.25, -0.2) is 0 Å². The number of rotatable bonds is 6. The highest BCUT2D eigenvalue weighted by atomic mass is 16.3. The Morgan fingerprint density at radius 1 is 1.28 bits per heavy atom. The van der Waals surface area contributed by atoms with Gasteiger partial charge in [0.05, 0.1) is 0 Å². The van der Waals surface area contributed by atoms with Gasteiger partial charge in [-0.3, -0.25) is 4.79 Å². The number of fused-ring (bicyclic) bond motifs is 1. The molecule has 0 spiro atoms. The summed E-state index contributed by atoms with van der Waals surface area (Å²) in [5, 5.41) is 10.6. The third-order valence-corrected chi connectivity index (χ3v) is 5.51. The van der Waals surface area contributed by atoms with E-state index in [2.05, 4.69) is 30.5 Å². The van der Waals surface area contributed by atoms with Gasteiger partial charge in [0.2, 0.25) is 0 Å².